The predicted octanol–water partition coefficient (Wildman–Crippen LogP) is 4.29. The molecular weight excluding hydrogens is 340 g/mol. The number of rotatable bonds is 9. The zero-order valence-corrected chi connectivity index (χ0v) is 16.9. The summed E-state index contributed by atoms with van der Waals surface area (Å²) in [5.41, 5.74) is 3.13. The van der Waals surface area contributed by atoms with E-state index in [1.807, 2.05) is 43.3 Å². The van der Waals surface area contributed by atoms with E-state index in [0.29, 0.717) is 30.5 Å². The summed E-state index contributed by atoms with van der Waals surface area (Å²) in [5.74, 6) is 1.81. The first-order valence-electron chi connectivity index (χ1n) is 9.29. The quantitative estimate of drug-likeness (QED) is 0.715. The number of methoxy groups -OCH3 is 2. The summed E-state index contributed by atoms with van der Waals surface area (Å²) in [6.45, 7) is 8.10. The van der Waals surface area contributed by atoms with Gasteiger partial charge in [-0.15, -0.1) is 0 Å². The SMILES string of the molecule is CCN(CC(=O)Nc1cccc(C(C)C)c1)Cc1ccc(OC)c(OC)c1. The number of nitrogens with one attached hydrogen (secondary N) is 1. The Morgan fingerprint density at radius 2 is 1.81 bits per heavy atom. The second kappa shape index (κ2) is 9.97. The van der Waals surface area contributed by atoms with Crippen LogP contribution in [0, 0.1) is 0 Å². The van der Waals surface area contributed by atoms with Gasteiger partial charge in [0.15, 0.2) is 11.5 Å². The maximum Gasteiger partial charge on any atom is 0.238 e. The lowest BCUT2D eigenvalue weighted by Crippen LogP contribution is -2.32. The second-order valence-electron chi connectivity index (χ2n) is 6.82. The van der Waals surface area contributed by atoms with Crippen LogP contribution < -0.4 is 14.8 Å². The molecule has 0 saturated heterocycles. The Labute approximate surface area is 162 Å². The van der Waals surface area contributed by atoms with Crippen molar-refractivity contribution in [3.05, 3.63) is 53.6 Å². The van der Waals surface area contributed by atoms with Gasteiger partial charge >= 0.3 is 0 Å². The lowest BCUT2D eigenvalue weighted by molar-refractivity contribution is -0.117. The van der Waals surface area contributed by atoms with Gasteiger partial charge in [-0.2, -0.15) is 0 Å². The van der Waals surface area contributed by atoms with Crippen molar-refractivity contribution in [2.75, 3.05) is 32.6 Å². The topological polar surface area (TPSA) is 50.8 Å². The van der Waals surface area contributed by atoms with Gasteiger partial charge in [-0.25, -0.2) is 0 Å². The van der Waals surface area contributed by atoms with E-state index in [9.17, 15) is 4.79 Å². The van der Waals surface area contributed by atoms with Crippen LogP contribution in [0.5, 0.6) is 11.5 Å². The van der Waals surface area contributed by atoms with E-state index in [1.165, 1.54) is 5.56 Å². The van der Waals surface area contributed by atoms with Crippen molar-refractivity contribution in [3.8, 4) is 11.5 Å². The van der Waals surface area contributed by atoms with Gasteiger partial charge in [-0.3, -0.25) is 9.69 Å². The Balaban J connectivity index is 2.00. The van der Waals surface area contributed by atoms with E-state index < -0.39 is 0 Å². The highest BCUT2D eigenvalue weighted by molar-refractivity contribution is 5.92. The summed E-state index contributed by atoms with van der Waals surface area (Å²) in [7, 11) is 3.24. The summed E-state index contributed by atoms with van der Waals surface area (Å²) >= 11 is 0. The van der Waals surface area contributed by atoms with E-state index in [-0.39, 0.29) is 5.91 Å². The minimum absolute atomic E-state index is 0.0155. The van der Waals surface area contributed by atoms with Crippen LogP contribution in [-0.4, -0.2) is 38.1 Å². The summed E-state index contributed by atoms with van der Waals surface area (Å²) in [6.07, 6.45) is 0. The standard InChI is InChI=1S/C22H30N2O3/c1-6-24(14-17-10-11-20(26-4)21(12-17)27-5)15-22(25)23-19-9-7-8-18(13-19)16(2)3/h7-13,16H,6,14-15H2,1-5H3,(H,23,25). The van der Waals surface area contributed by atoms with Crippen molar-refractivity contribution in [1.29, 1.82) is 0 Å². The fourth-order valence-corrected chi connectivity index (χ4v) is 2.90. The maximum absolute atomic E-state index is 12.5. The number of likely N-dealkylation sites (N-methyl/N-ethyl adjacent to an activating group) is 1. The molecule has 2 rings (SSSR count). The number of amides is 1. The Bertz CT molecular complexity index is 759. The number of carbonyl (C=O) groups is 1. The van der Waals surface area contributed by atoms with Crippen LogP contribution >= 0.6 is 0 Å². The average Bonchev–Trinajstić information content (AvgIpc) is 2.67. The molecule has 2 aromatic rings. The van der Waals surface area contributed by atoms with Crippen molar-refractivity contribution in [2.24, 2.45) is 0 Å². The van der Waals surface area contributed by atoms with Crippen LogP contribution in [0.25, 0.3) is 0 Å². The maximum atomic E-state index is 12.5. The fraction of sp³-hybridized carbons (Fsp3) is 0.409. The van der Waals surface area contributed by atoms with E-state index in [2.05, 4.69) is 30.1 Å². The third-order valence-electron chi connectivity index (χ3n) is 4.51. The molecule has 0 unspecified atom stereocenters. The third-order valence-corrected chi connectivity index (χ3v) is 4.51. The van der Waals surface area contributed by atoms with Gasteiger partial charge in [0.05, 0.1) is 20.8 Å². The molecule has 146 valence electrons. The van der Waals surface area contributed by atoms with E-state index >= 15 is 0 Å². The van der Waals surface area contributed by atoms with Crippen molar-refractivity contribution in [3.63, 3.8) is 0 Å². The normalized spacial score (nSPS) is 10.9. The molecule has 0 heterocycles. The molecule has 0 atom stereocenters. The molecule has 0 aromatic heterocycles. The molecule has 0 bridgehead atoms. The summed E-state index contributed by atoms with van der Waals surface area (Å²) in [6, 6.07) is 13.8. The van der Waals surface area contributed by atoms with Crippen LogP contribution in [-0.2, 0) is 11.3 Å². The Morgan fingerprint density at radius 3 is 2.44 bits per heavy atom. The van der Waals surface area contributed by atoms with Crippen molar-refractivity contribution >= 4 is 11.6 Å². The van der Waals surface area contributed by atoms with Crippen molar-refractivity contribution in [1.82, 2.24) is 4.90 Å². The van der Waals surface area contributed by atoms with Gasteiger partial charge in [0.25, 0.3) is 0 Å². The number of ether oxygens (including phenoxy) is 2. The highest BCUT2D eigenvalue weighted by Gasteiger charge is 2.12. The molecule has 0 spiro atoms. The number of hydrogen-bond acceptors (Lipinski definition) is 4. The van der Waals surface area contributed by atoms with E-state index in [4.69, 9.17) is 9.47 Å². The first-order chi connectivity index (χ1) is 13.0. The lowest BCUT2D eigenvalue weighted by Gasteiger charge is -2.21. The Hall–Kier alpha value is -2.53. The van der Waals surface area contributed by atoms with Gasteiger partial charge < -0.3 is 14.8 Å². The van der Waals surface area contributed by atoms with Crippen LogP contribution in [0.2, 0.25) is 0 Å². The van der Waals surface area contributed by atoms with Crippen LogP contribution in [0.1, 0.15) is 37.8 Å². The van der Waals surface area contributed by atoms with Crippen LogP contribution in [0.4, 0.5) is 5.69 Å². The number of carbonyl (C=O) groups excluding carboxylic acids is 1. The predicted molar refractivity (Wildman–Crippen MR) is 110 cm³/mol. The molecule has 1 N–H and O–H groups in total. The first-order valence-corrected chi connectivity index (χ1v) is 9.29. The molecule has 0 aliphatic heterocycles. The molecular formula is C22H30N2O3. The Morgan fingerprint density at radius 1 is 1.07 bits per heavy atom. The molecule has 0 fully saturated rings. The number of hydrogen-bond donors (Lipinski definition) is 1. The van der Waals surface area contributed by atoms with Gasteiger partial charge in [-0.05, 0) is 47.9 Å². The lowest BCUT2D eigenvalue weighted by atomic mass is 10.0. The summed E-state index contributed by atoms with van der Waals surface area (Å²) < 4.78 is 10.6. The molecule has 0 radical (unpaired) electrons. The van der Waals surface area contributed by atoms with E-state index in [1.54, 1.807) is 14.2 Å². The van der Waals surface area contributed by atoms with Gasteiger partial charge in [0.1, 0.15) is 0 Å². The smallest absolute Gasteiger partial charge is 0.238 e. The number of benzene rings is 2. The fourth-order valence-electron chi connectivity index (χ4n) is 2.90. The largest absolute Gasteiger partial charge is 0.493 e. The van der Waals surface area contributed by atoms with Crippen LogP contribution in [0.15, 0.2) is 42.5 Å². The van der Waals surface area contributed by atoms with Crippen LogP contribution in [0.3, 0.4) is 0 Å². The molecule has 0 saturated carbocycles. The minimum Gasteiger partial charge on any atom is -0.493 e. The van der Waals surface area contributed by atoms with Gasteiger partial charge in [-0.1, -0.05) is 39.0 Å². The third kappa shape index (κ3) is 6.00. The average molecular weight is 370 g/mol. The van der Waals surface area contributed by atoms with Crippen molar-refractivity contribution in [2.45, 2.75) is 33.2 Å². The minimum atomic E-state index is -0.0155. The zero-order chi connectivity index (χ0) is 19.8. The molecule has 1 amide bonds. The molecule has 0 aliphatic carbocycles. The summed E-state index contributed by atoms with van der Waals surface area (Å²) in [4.78, 5) is 14.6. The monoisotopic (exact) mass is 370 g/mol. The highest BCUT2D eigenvalue weighted by atomic mass is 16.5. The van der Waals surface area contributed by atoms with E-state index in [0.717, 1.165) is 17.8 Å². The summed E-state index contributed by atoms with van der Waals surface area (Å²) in [5, 5.41) is 3.00. The molecule has 5 nitrogen and oxygen atoms in total. The molecule has 27 heavy (non-hydrogen) atoms. The second-order valence-corrected chi connectivity index (χ2v) is 6.82. The molecule has 5 heteroatoms. The first kappa shape index (κ1) is 20.8. The van der Waals surface area contributed by atoms with Gasteiger partial charge in [0, 0.05) is 12.2 Å². The zero-order valence-electron chi connectivity index (χ0n) is 16.9. The molecule has 0 aliphatic rings. The van der Waals surface area contributed by atoms with Gasteiger partial charge in [0.2, 0.25) is 5.91 Å². The highest BCUT2D eigenvalue weighted by Crippen LogP contribution is 2.28. The number of nitrogens with zero attached hydrogens (tertiary/aromatic N) is 1. The van der Waals surface area contributed by atoms with Crippen molar-refractivity contribution < 1.29 is 14.3 Å². The number of anilines is 1. The Kier molecular flexibility index (Phi) is 7.67. The molecule has 2 aromatic carbocycles.